The number of halogens is 2. The fourth-order valence-corrected chi connectivity index (χ4v) is 8.32. The Morgan fingerprint density at radius 3 is 2.48 bits per heavy atom. The lowest BCUT2D eigenvalue weighted by molar-refractivity contribution is -0.226. The van der Waals surface area contributed by atoms with Gasteiger partial charge in [-0.25, -0.2) is 13.6 Å². The minimum atomic E-state index is -2.35. The van der Waals surface area contributed by atoms with Gasteiger partial charge in [-0.1, -0.05) is 33.3 Å². The number of ketones is 2. The molecule has 0 aromatic heterocycles. The Hall–Kier alpha value is -2.62. The standard InChI is InChI=1S/C30H40F2O8/c1-6-8-9-25(36)39-16-24(35)30(40-26(37)38-7-2)17(3)12-19-20-14-22(31)21-13-18(33)10-11-27(21,4)29(20,32)23(34)15-28(19,30)5/h10-11,13,17,19-20,22-23,34H,6-9,12,14-16H2,1-5H3/t17-,19+,20+,22+,23+,27+,28+,29+,30+/m1/s1. The summed E-state index contributed by atoms with van der Waals surface area (Å²) in [6.45, 7) is 7.63. The molecular formula is C30H40F2O8. The summed E-state index contributed by atoms with van der Waals surface area (Å²) in [5, 5.41) is 11.6. The number of ether oxygens (including phenoxy) is 3. The number of alkyl halides is 2. The molecule has 0 amide bonds. The van der Waals surface area contributed by atoms with Crippen LogP contribution in [0.2, 0.25) is 0 Å². The average Bonchev–Trinajstić information content (AvgIpc) is 3.11. The lowest BCUT2D eigenvalue weighted by atomic mass is 9.44. The number of aliphatic hydroxyl groups excluding tert-OH is 1. The SMILES string of the molecule is CCCCC(=O)OCC(=O)[C@@]1(OC(=O)OCC)[C@H](C)C[C@H]2[C@@H]3C[C@H](F)C4=CC(=O)C=C[C@]4(C)[C@@]3(F)[C@@H](O)C[C@@]21C. The molecule has 3 fully saturated rings. The van der Waals surface area contributed by atoms with Crippen molar-refractivity contribution in [1.82, 2.24) is 0 Å². The number of hydrogen-bond donors (Lipinski definition) is 1. The van der Waals surface area contributed by atoms with E-state index in [1.165, 1.54) is 19.1 Å². The fourth-order valence-electron chi connectivity index (χ4n) is 8.32. The Bertz CT molecular complexity index is 1130. The number of rotatable bonds is 8. The molecule has 0 bridgehead atoms. The molecule has 0 aromatic rings. The first kappa shape index (κ1) is 30.3. The maximum atomic E-state index is 17.5. The van der Waals surface area contributed by atoms with Crippen LogP contribution in [0, 0.1) is 28.6 Å². The molecule has 8 nitrogen and oxygen atoms in total. The van der Waals surface area contributed by atoms with Crippen LogP contribution in [0.25, 0.3) is 0 Å². The summed E-state index contributed by atoms with van der Waals surface area (Å²) in [4.78, 5) is 51.0. The molecule has 0 unspecified atom stereocenters. The molecule has 0 heterocycles. The van der Waals surface area contributed by atoms with Gasteiger partial charge in [0.25, 0.3) is 0 Å². The van der Waals surface area contributed by atoms with Gasteiger partial charge in [0.05, 0.1) is 12.7 Å². The highest BCUT2D eigenvalue weighted by molar-refractivity contribution is 6.01. The summed E-state index contributed by atoms with van der Waals surface area (Å²) in [7, 11) is 0. The Morgan fingerprint density at radius 1 is 1.12 bits per heavy atom. The number of Topliss-reactive ketones (excluding diaryl/α,β-unsaturated/α-hetero) is 1. The predicted molar refractivity (Wildman–Crippen MR) is 140 cm³/mol. The van der Waals surface area contributed by atoms with E-state index in [2.05, 4.69) is 0 Å². The molecule has 0 aliphatic heterocycles. The van der Waals surface area contributed by atoms with Gasteiger partial charge >= 0.3 is 12.1 Å². The molecular weight excluding hydrogens is 526 g/mol. The third-order valence-electron chi connectivity index (χ3n) is 10.2. The zero-order chi connectivity index (χ0) is 29.7. The molecule has 4 aliphatic rings. The van der Waals surface area contributed by atoms with Crippen LogP contribution in [0.15, 0.2) is 23.8 Å². The summed E-state index contributed by atoms with van der Waals surface area (Å²) >= 11 is 0. The van der Waals surface area contributed by atoms with E-state index in [1.807, 2.05) is 6.92 Å². The Morgan fingerprint density at radius 2 is 1.82 bits per heavy atom. The lowest BCUT2D eigenvalue weighted by Gasteiger charge is -2.63. The second kappa shape index (κ2) is 10.7. The minimum absolute atomic E-state index is 0.00319. The normalized spacial score (nSPS) is 41.8. The zero-order valence-electron chi connectivity index (χ0n) is 23.8. The first-order chi connectivity index (χ1) is 18.7. The summed E-state index contributed by atoms with van der Waals surface area (Å²) in [6, 6.07) is 0. The van der Waals surface area contributed by atoms with Crippen molar-refractivity contribution < 1.29 is 47.3 Å². The van der Waals surface area contributed by atoms with Crippen LogP contribution in [0.3, 0.4) is 0 Å². The molecule has 40 heavy (non-hydrogen) atoms. The number of carbonyl (C=O) groups excluding carboxylic acids is 4. The highest BCUT2D eigenvalue weighted by atomic mass is 19.1. The maximum absolute atomic E-state index is 17.5. The van der Waals surface area contributed by atoms with Crippen LogP contribution in [-0.4, -0.2) is 65.6 Å². The lowest BCUT2D eigenvalue weighted by Crippen LogP contribution is -2.71. The van der Waals surface area contributed by atoms with E-state index in [9.17, 15) is 24.3 Å². The highest BCUT2D eigenvalue weighted by Gasteiger charge is 2.78. The van der Waals surface area contributed by atoms with Gasteiger partial charge in [0, 0.05) is 29.1 Å². The van der Waals surface area contributed by atoms with Crippen molar-refractivity contribution >= 4 is 23.7 Å². The van der Waals surface area contributed by atoms with Gasteiger partial charge in [-0.2, -0.15) is 0 Å². The highest BCUT2D eigenvalue weighted by Crippen LogP contribution is 2.71. The predicted octanol–water partition coefficient (Wildman–Crippen LogP) is 4.77. The Balaban J connectivity index is 1.77. The van der Waals surface area contributed by atoms with Crippen molar-refractivity contribution in [1.29, 1.82) is 0 Å². The molecule has 4 rings (SSSR count). The van der Waals surface area contributed by atoms with Crippen LogP contribution in [0.5, 0.6) is 0 Å². The van der Waals surface area contributed by atoms with Gasteiger partial charge in [0.15, 0.2) is 23.7 Å². The second-order valence-electron chi connectivity index (χ2n) is 12.2. The van der Waals surface area contributed by atoms with Gasteiger partial charge in [-0.05, 0) is 63.2 Å². The summed E-state index contributed by atoms with van der Waals surface area (Å²) in [5.41, 5.74) is -7.19. The van der Waals surface area contributed by atoms with Crippen LogP contribution in [0.4, 0.5) is 13.6 Å². The van der Waals surface area contributed by atoms with Gasteiger partial charge in [-0.15, -0.1) is 0 Å². The van der Waals surface area contributed by atoms with E-state index in [0.29, 0.717) is 6.42 Å². The van der Waals surface area contributed by atoms with E-state index in [0.717, 1.165) is 12.5 Å². The van der Waals surface area contributed by atoms with E-state index < -0.39 is 82.4 Å². The summed E-state index contributed by atoms with van der Waals surface area (Å²) in [6.07, 6.45) is 0.285. The van der Waals surface area contributed by atoms with Gasteiger partial charge < -0.3 is 19.3 Å². The molecule has 222 valence electrons. The molecule has 4 aliphatic carbocycles. The first-order valence-electron chi connectivity index (χ1n) is 14.2. The van der Waals surface area contributed by atoms with Crippen LogP contribution >= 0.6 is 0 Å². The average molecular weight is 567 g/mol. The van der Waals surface area contributed by atoms with Crippen molar-refractivity contribution in [3.05, 3.63) is 23.8 Å². The fraction of sp³-hybridized carbons (Fsp3) is 0.733. The molecule has 0 spiro atoms. The monoisotopic (exact) mass is 566 g/mol. The quantitative estimate of drug-likeness (QED) is 0.418. The molecule has 0 saturated heterocycles. The molecule has 0 radical (unpaired) electrons. The van der Waals surface area contributed by atoms with Crippen LogP contribution < -0.4 is 0 Å². The topological polar surface area (TPSA) is 116 Å². The molecule has 0 aromatic carbocycles. The van der Waals surface area contributed by atoms with E-state index >= 15 is 8.78 Å². The number of esters is 1. The van der Waals surface area contributed by atoms with Crippen LogP contribution in [0.1, 0.15) is 73.1 Å². The number of fused-ring (bicyclic) bond motifs is 5. The van der Waals surface area contributed by atoms with Gasteiger partial charge in [0.1, 0.15) is 6.17 Å². The number of hydrogen-bond acceptors (Lipinski definition) is 8. The number of allylic oxidation sites excluding steroid dienone is 4. The summed E-state index contributed by atoms with van der Waals surface area (Å²) < 4.78 is 49.3. The van der Waals surface area contributed by atoms with Gasteiger partial charge in [0.2, 0.25) is 5.78 Å². The maximum Gasteiger partial charge on any atom is 0.509 e. The second-order valence-corrected chi connectivity index (χ2v) is 12.2. The summed E-state index contributed by atoms with van der Waals surface area (Å²) in [5.74, 6) is -4.14. The molecule has 3 saturated carbocycles. The van der Waals surface area contributed by atoms with Crippen molar-refractivity contribution in [2.24, 2.45) is 28.6 Å². The van der Waals surface area contributed by atoms with Crippen molar-refractivity contribution in [3.63, 3.8) is 0 Å². The van der Waals surface area contributed by atoms with Crippen LogP contribution in [-0.2, 0) is 28.6 Å². The first-order valence-corrected chi connectivity index (χ1v) is 14.2. The molecule has 10 heteroatoms. The van der Waals surface area contributed by atoms with Crippen molar-refractivity contribution in [2.45, 2.75) is 96.7 Å². The third kappa shape index (κ3) is 4.23. The third-order valence-corrected chi connectivity index (χ3v) is 10.2. The number of carbonyl (C=O) groups is 4. The van der Waals surface area contributed by atoms with Gasteiger partial charge in [-0.3, -0.25) is 14.4 Å². The smallest absolute Gasteiger partial charge is 0.457 e. The molecule has 9 atom stereocenters. The number of unbranched alkanes of at least 4 members (excludes halogenated alkanes) is 1. The van der Waals surface area contributed by atoms with E-state index in [1.54, 1.807) is 20.8 Å². The van der Waals surface area contributed by atoms with E-state index in [-0.39, 0.29) is 37.9 Å². The largest absolute Gasteiger partial charge is 0.509 e. The van der Waals surface area contributed by atoms with Crippen molar-refractivity contribution in [3.8, 4) is 0 Å². The minimum Gasteiger partial charge on any atom is -0.457 e. The Labute approximate surface area is 233 Å². The zero-order valence-corrected chi connectivity index (χ0v) is 23.8. The number of aliphatic hydroxyl groups is 1. The van der Waals surface area contributed by atoms with Crippen molar-refractivity contribution in [2.75, 3.05) is 13.2 Å². The van der Waals surface area contributed by atoms with E-state index in [4.69, 9.17) is 14.2 Å². The molecule has 1 N–H and O–H groups in total. The Kier molecular flexibility index (Phi) is 8.08.